The second kappa shape index (κ2) is 13.6. The lowest BCUT2D eigenvalue weighted by atomic mass is 10.1. The molecule has 202 valence electrons. The highest BCUT2D eigenvalue weighted by Crippen LogP contribution is 2.38. The number of thioether (sulfide) groups is 1. The first-order valence-electron chi connectivity index (χ1n) is 12.1. The van der Waals surface area contributed by atoms with Crippen molar-refractivity contribution in [2.45, 2.75) is 13.5 Å². The highest BCUT2D eigenvalue weighted by Gasteiger charge is 2.33. The topological polar surface area (TPSA) is 104 Å². The van der Waals surface area contributed by atoms with Gasteiger partial charge >= 0.3 is 0 Å². The average molecular weight is 660 g/mol. The number of hydrogen-bond donors (Lipinski definition) is 0. The van der Waals surface area contributed by atoms with Gasteiger partial charge in [0.25, 0.3) is 11.6 Å². The first-order valence-corrected chi connectivity index (χ1v) is 14.0. The zero-order chi connectivity index (χ0) is 27.8. The third-order valence-corrected chi connectivity index (χ3v) is 7.39. The van der Waals surface area contributed by atoms with Crippen LogP contribution in [-0.2, 0) is 16.1 Å². The van der Waals surface area contributed by atoms with E-state index in [9.17, 15) is 14.9 Å². The number of benzene rings is 3. The van der Waals surface area contributed by atoms with Crippen LogP contribution in [0.3, 0.4) is 0 Å². The Kier molecular flexibility index (Phi) is 9.96. The summed E-state index contributed by atoms with van der Waals surface area (Å²) < 4.78 is 17.8. The van der Waals surface area contributed by atoms with E-state index in [1.807, 2.05) is 49.4 Å². The summed E-state index contributed by atoms with van der Waals surface area (Å²) in [5.41, 5.74) is 2.19. The highest BCUT2D eigenvalue weighted by atomic mass is 127. The molecule has 0 spiro atoms. The van der Waals surface area contributed by atoms with E-state index in [-0.39, 0.29) is 18.2 Å². The summed E-state index contributed by atoms with van der Waals surface area (Å²) in [5, 5.41) is 11.7. The van der Waals surface area contributed by atoms with E-state index in [1.54, 1.807) is 23.1 Å². The normalized spacial score (nSPS) is 15.3. The number of aliphatic imine (C=N–C) groups is 1. The number of nitrogens with zero attached hydrogens (tertiary/aromatic N) is 3. The number of amides is 1. The van der Waals surface area contributed by atoms with Crippen LogP contribution in [0.2, 0.25) is 0 Å². The van der Waals surface area contributed by atoms with E-state index in [0.717, 1.165) is 14.8 Å². The molecule has 1 aliphatic rings. The van der Waals surface area contributed by atoms with Gasteiger partial charge in [0.15, 0.2) is 16.7 Å². The zero-order valence-corrected chi connectivity index (χ0v) is 24.3. The van der Waals surface area contributed by atoms with Crippen molar-refractivity contribution < 1.29 is 23.9 Å². The number of hydrogen-bond acceptors (Lipinski definition) is 8. The van der Waals surface area contributed by atoms with Crippen molar-refractivity contribution in [3.63, 3.8) is 0 Å². The highest BCUT2D eigenvalue weighted by molar-refractivity contribution is 14.1. The maximum atomic E-state index is 13.3. The SMILES string of the molecule is CCOCCN1C(=O)/C(=C/c2cc(I)c(OCc3cccc([N+](=O)[O-])c3)c(OC)c2)SC1=Nc1ccccc1. The number of carbonyl (C=O) groups excluding carboxylic acids is 1. The summed E-state index contributed by atoms with van der Waals surface area (Å²) in [5.74, 6) is 0.859. The molecule has 0 radical (unpaired) electrons. The third-order valence-electron chi connectivity index (χ3n) is 5.59. The number of nitro benzene ring substituents is 1. The van der Waals surface area contributed by atoms with Crippen molar-refractivity contribution in [1.82, 2.24) is 4.90 Å². The summed E-state index contributed by atoms with van der Waals surface area (Å²) in [7, 11) is 1.54. The molecule has 0 bridgehead atoms. The summed E-state index contributed by atoms with van der Waals surface area (Å²) in [6, 6.07) is 19.5. The molecule has 0 atom stereocenters. The van der Waals surface area contributed by atoms with Crippen LogP contribution in [-0.4, -0.2) is 47.8 Å². The zero-order valence-electron chi connectivity index (χ0n) is 21.3. The summed E-state index contributed by atoms with van der Waals surface area (Å²) in [6.07, 6.45) is 1.81. The molecule has 39 heavy (non-hydrogen) atoms. The lowest BCUT2D eigenvalue weighted by Crippen LogP contribution is -2.32. The second-order valence-electron chi connectivity index (χ2n) is 8.24. The number of amidine groups is 1. The van der Waals surface area contributed by atoms with E-state index < -0.39 is 4.92 Å². The Morgan fingerprint density at radius 2 is 1.92 bits per heavy atom. The summed E-state index contributed by atoms with van der Waals surface area (Å²) in [4.78, 5) is 30.8. The molecule has 1 fully saturated rings. The molecule has 0 N–H and O–H groups in total. The lowest BCUT2D eigenvalue weighted by molar-refractivity contribution is -0.384. The van der Waals surface area contributed by atoms with Crippen LogP contribution < -0.4 is 9.47 Å². The molecule has 0 aromatic heterocycles. The van der Waals surface area contributed by atoms with Gasteiger partial charge in [0.1, 0.15) is 6.61 Å². The Morgan fingerprint density at radius 3 is 2.64 bits per heavy atom. The minimum absolute atomic E-state index is 0.00365. The number of rotatable bonds is 11. The molecule has 1 saturated heterocycles. The fourth-order valence-electron chi connectivity index (χ4n) is 3.73. The van der Waals surface area contributed by atoms with Crippen LogP contribution in [0.1, 0.15) is 18.1 Å². The largest absolute Gasteiger partial charge is 0.493 e. The van der Waals surface area contributed by atoms with Crippen molar-refractivity contribution >= 4 is 62.9 Å². The number of non-ortho nitro benzene ring substituents is 1. The Bertz CT molecular complexity index is 1410. The monoisotopic (exact) mass is 659 g/mol. The minimum Gasteiger partial charge on any atom is -0.493 e. The van der Waals surface area contributed by atoms with E-state index >= 15 is 0 Å². The van der Waals surface area contributed by atoms with E-state index in [0.29, 0.717) is 46.9 Å². The molecule has 3 aromatic rings. The quantitative estimate of drug-likeness (QED) is 0.0769. The van der Waals surface area contributed by atoms with Crippen molar-refractivity contribution in [2.24, 2.45) is 4.99 Å². The number of halogens is 1. The Hall–Kier alpha value is -3.42. The molecule has 3 aromatic carbocycles. The Balaban J connectivity index is 1.58. The maximum Gasteiger partial charge on any atom is 0.269 e. The maximum absolute atomic E-state index is 13.3. The summed E-state index contributed by atoms with van der Waals surface area (Å²) >= 11 is 3.46. The van der Waals surface area contributed by atoms with Crippen molar-refractivity contribution in [1.29, 1.82) is 0 Å². The first kappa shape index (κ1) is 28.6. The standard InChI is InChI=1S/C28H26IN3O6S/c1-3-37-13-12-31-27(33)25(39-28(31)30-21-9-5-4-6-10-21)17-20-15-23(29)26(24(16-20)36-2)38-18-19-8-7-11-22(14-19)32(34)35/h4-11,14-17H,3,12-13,18H2,1-2H3/b25-17-,30-28?. The van der Waals surface area contributed by atoms with Crippen molar-refractivity contribution in [2.75, 3.05) is 26.9 Å². The predicted molar refractivity (Wildman–Crippen MR) is 160 cm³/mol. The molecule has 1 heterocycles. The van der Waals surface area contributed by atoms with E-state index in [1.165, 1.54) is 31.0 Å². The van der Waals surface area contributed by atoms with Gasteiger partial charge in [-0.25, -0.2) is 4.99 Å². The number of para-hydroxylation sites is 1. The van der Waals surface area contributed by atoms with Crippen LogP contribution in [0.25, 0.3) is 6.08 Å². The van der Waals surface area contributed by atoms with Crippen molar-refractivity contribution in [3.05, 3.63) is 96.4 Å². The second-order valence-corrected chi connectivity index (χ2v) is 10.4. The van der Waals surface area contributed by atoms with Crippen LogP contribution in [0.5, 0.6) is 11.5 Å². The van der Waals surface area contributed by atoms with Gasteiger partial charge in [-0.05, 0) is 82.7 Å². The number of ether oxygens (including phenoxy) is 3. The molecule has 1 aliphatic heterocycles. The summed E-state index contributed by atoms with van der Waals surface area (Å²) in [6.45, 7) is 3.42. The van der Waals surface area contributed by atoms with E-state index in [4.69, 9.17) is 19.2 Å². The van der Waals surface area contributed by atoms with Gasteiger partial charge in [-0.1, -0.05) is 30.3 Å². The molecular weight excluding hydrogens is 633 g/mol. The smallest absolute Gasteiger partial charge is 0.269 e. The third kappa shape index (κ3) is 7.37. The Labute approximate surface area is 244 Å². The van der Waals surface area contributed by atoms with Crippen LogP contribution in [0.15, 0.2) is 76.6 Å². The molecule has 11 heteroatoms. The number of carbonyl (C=O) groups is 1. The average Bonchev–Trinajstić information content (AvgIpc) is 3.21. The van der Waals surface area contributed by atoms with Gasteiger partial charge in [0, 0.05) is 18.7 Å². The van der Waals surface area contributed by atoms with Gasteiger partial charge in [-0.3, -0.25) is 19.8 Å². The fraction of sp³-hybridized carbons (Fsp3) is 0.214. The lowest BCUT2D eigenvalue weighted by Gasteiger charge is -2.15. The molecular formula is C28H26IN3O6S. The molecule has 9 nitrogen and oxygen atoms in total. The molecule has 0 aliphatic carbocycles. The van der Waals surface area contributed by atoms with Crippen LogP contribution in [0.4, 0.5) is 11.4 Å². The molecule has 1 amide bonds. The minimum atomic E-state index is -0.438. The van der Waals surface area contributed by atoms with Crippen molar-refractivity contribution in [3.8, 4) is 11.5 Å². The molecule has 0 saturated carbocycles. The number of methoxy groups -OCH3 is 1. The van der Waals surface area contributed by atoms with Crippen LogP contribution in [0, 0.1) is 13.7 Å². The van der Waals surface area contributed by atoms with Crippen LogP contribution >= 0.6 is 34.4 Å². The van der Waals surface area contributed by atoms with Gasteiger partial charge in [-0.2, -0.15) is 0 Å². The Morgan fingerprint density at radius 1 is 1.13 bits per heavy atom. The molecule has 0 unspecified atom stereocenters. The molecule has 4 rings (SSSR count). The van der Waals surface area contributed by atoms with Gasteiger partial charge in [-0.15, -0.1) is 0 Å². The van der Waals surface area contributed by atoms with E-state index in [2.05, 4.69) is 22.6 Å². The number of nitro groups is 1. The first-order chi connectivity index (χ1) is 18.9. The predicted octanol–water partition coefficient (Wildman–Crippen LogP) is 6.43. The van der Waals surface area contributed by atoms with Gasteiger partial charge < -0.3 is 14.2 Å². The fourth-order valence-corrected chi connectivity index (χ4v) is 5.54. The van der Waals surface area contributed by atoms with Gasteiger partial charge in [0.2, 0.25) is 0 Å². The van der Waals surface area contributed by atoms with Gasteiger partial charge in [0.05, 0.1) is 39.3 Å².